The summed E-state index contributed by atoms with van der Waals surface area (Å²) in [5, 5.41) is 1.83. The minimum Gasteiger partial charge on any atom is -0.291 e. The van der Waals surface area contributed by atoms with Gasteiger partial charge in [-0.3, -0.25) is 14.2 Å². The van der Waals surface area contributed by atoms with Gasteiger partial charge in [0.1, 0.15) is 0 Å². The summed E-state index contributed by atoms with van der Waals surface area (Å²) in [6.07, 6.45) is 0. The fourth-order valence-corrected chi connectivity index (χ4v) is 4.08. The highest BCUT2D eigenvalue weighted by Gasteiger charge is 2.51. The van der Waals surface area contributed by atoms with Crippen molar-refractivity contribution in [1.29, 1.82) is 0 Å². The summed E-state index contributed by atoms with van der Waals surface area (Å²) < 4.78 is 1.60. The molecule has 1 unspecified atom stereocenters. The number of hydrogen-bond acceptors (Lipinski definition) is 2. The highest BCUT2D eigenvalue weighted by atomic mass is 35.5. The van der Waals surface area contributed by atoms with Crippen LogP contribution in [0.3, 0.4) is 0 Å². The quantitative estimate of drug-likeness (QED) is 0.368. The highest BCUT2D eigenvalue weighted by Crippen LogP contribution is 2.44. The van der Waals surface area contributed by atoms with Gasteiger partial charge in [0.15, 0.2) is 5.78 Å². The highest BCUT2D eigenvalue weighted by molar-refractivity contribution is 6.52. The van der Waals surface area contributed by atoms with Gasteiger partial charge in [-0.05, 0) is 17.7 Å². The number of carbonyl (C=O) groups excluding carboxylic acids is 2. The fraction of sp³-hybridized carbons (Fsp3) is 0.0476. The van der Waals surface area contributed by atoms with E-state index in [0.717, 1.165) is 16.3 Å². The third kappa shape index (κ3) is 1.66. The average Bonchev–Trinajstić information content (AvgIpc) is 3.00. The van der Waals surface area contributed by atoms with Crippen LogP contribution in [-0.4, -0.2) is 16.3 Å². The number of aromatic nitrogens is 1. The second-order valence-electron chi connectivity index (χ2n) is 6.21. The van der Waals surface area contributed by atoms with E-state index in [4.69, 9.17) is 11.6 Å². The van der Waals surface area contributed by atoms with Crippen LogP contribution < -0.4 is 0 Å². The zero-order chi connectivity index (χ0) is 17.2. The van der Waals surface area contributed by atoms with Gasteiger partial charge in [0.05, 0.1) is 11.0 Å². The molecule has 0 saturated heterocycles. The van der Waals surface area contributed by atoms with E-state index in [0.29, 0.717) is 16.6 Å². The van der Waals surface area contributed by atoms with Crippen molar-refractivity contribution in [2.24, 2.45) is 0 Å². The van der Waals surface area contributed by atoms with Crippen LogP contribution in [-0.2, 0) is 4.87 Å². The summed E-state index contributed by atoms with van der Waals surface area (Å²) in [6.45, 7) is 0. The van der Waals surface area contributed by atoms with Crippen LogP contribution in [0, 0.1) is 0 Å². The number of rotatable bonds is 1. The van der Waals surface area contributed by atoms with Gasteiger partial charge in [0.2, 0.25) is 4.87 Å². The summed E-state index contributed by atoms with van der Waals surface area (Å²) in [7, 11) is 0. The topological polar surface area (TPSA) is 39.1 Å². The van der Waals surface area contributed by atoms with Crippen LogP contribution in [0.1, 0.15) is 20.7 Å². The maximum Gasteiger partial charge on any atom is 0.265 e. The van der Waals surface area contributed by atoms with E-state index in [1.807, 2.05) is 42.5 Å². The molecule has 1 aliphatic rings. The zero-order valence-electron chi connectivity index (χ0n) is 13.1. The van der Waals surface area contributed by atoms with Gasteiger partial charge in [-0.15, -0.1) is 0 Å². The molecular formula is C21H12ClNO2. The predicted octanol–water partition coefficient (Wildman–Crippen LogP) is 4.77. The third-order valence-electron chi connectivity index (χ3n) is 4.92. The first-order chi connectivity index (χ1) is 12.1. The molecule has 3 nitrogen and oxygen atoms in total. The van der Waals surface area contributed by atoms with Crippen LogP contribution >= 0.6 is 11.6 Å². The normalized spacial score (nSPS) is 19.7. The molecule has 5 rings (SSSR count). The van der Waals surface area contributed by atoms with Crippen molar-refractivity contribution in [2.75, 3.05) is 0 Å². The van der Waals surface area contributed by atoms with Crippen molar-refractivity contribution in [3.63, 3.8) is 0 Å². The Kier molecular flexibility index (Phi) is 2.77. The molecule has 1 aliphatic heterocycles. The van der Waals surface area contributed by atoms with Crippen LogP contribution in [0.5, 0.6) is 0 Å². The fourth-order valence-electron chi connectivity index (χ4n) is 3.77. The second kappa shape index (κ2) is 4.80. The Morgan fingerprint density at radius 3 is 2.24 bits per heavy atom. The first-order valence-corrected chi connectivity index (χ1v) is 8.38. The van der Waals surface area contributed by atoms with E-state index in [1.165, 1.54) is 0 Å². The summed E-state index contributed by atoms with van der Waals surface area (Å²) in [5.74, 6) is -0.790. The number of hydrogen-bond donors (Lipinski definition) is 0. The maximum absolute atomic E-state index is 13.4. The Morgan fingerprint density at radius 2 is 1.44 bits per heavy atom. The summed E-state index contributed by atoms with van der Waals surface area (Å²) in [5.41, 5.74) is 2.38. The van der Waals surface area contributed by atoms with E-state index >= 15 is 0 Å². The van der Waals surface area contributed by atoms with Gasteiger partial charge in [-0.2, -0.15) is 0 Å². The zero-order valence-corrected chi connectivity index (χ0v) is 13.8. The van der Waals surface area contributed by atoms with E-state index < -0.39 is 10.8 Å². The van der Waals surface area contributed by atoms with E-state index in [9.17, 15) is 9.59 Å². The van der Waals surface area contributed by atoms with Crippen LogP contribution in [0.4, 0.5) is 0 Å². The lowest BCUT2D eigenvalue weighted by Gasteiger charge is -2.30. The molecule has 0 amide bonds. The molecule has 2 heterocycles. The standard InChI is InChI=1S/C21H12ClNO2/c22-21(13-7-2-1-3-8-13)19(24)16-11-6-10-15-14-9-4-5-12-17(14)23(18(15)16)20(21)25/h1-12H. The number of Topliss-reactive ketones (excluding diaryl/α,β-unsaturated/α-hetero) is 1. The molecule has 0 bridgehead atoms. The van der Waals surface area contributed by atoms with Gasteiger partial charge in [0, 0.05) is 16.3 Å². The van der Waals surface area contributed by atoms with Gasteiger partial charge < -0.3 is 0 Å². The van der Waals surface area contributed by atoms with Crippen molar-refractivity contribution in [1.82, 2.24) is 4.57 Å². The van der Waals surface area contributed by atoms with Gasteiger partial charge in [-0.25, -0.2) is 0 Å². The Balaban J connectivity index is 1.96. The molecule has 0 radical (unpaired) electrons. The molecule has 0 aliphatic carbocycles. The van der Waals surface area contributed by atoms with Gasteiger partial charge >= 0.3 is 0 Å². The molecule has 0 N–H and O–H groups in total. The smallest absolute Gasteiger partial charge is 0.265 e. The number of ketones is 1. The van der Waals surface area contributed by atoms with Gasteiger partial charge in [-0.1, -0.05) is 72.3 Å². The lowest BCUT2D eigenvalue weighted by molar-refractivity contribution is 0.0773. The third-order valence-corrected chi connectivity index (χ3v) is 5.47. The number of nitrogens with zero attached hydrogens (tertiary/aromatic N) is 1. The van der Waals surface area contributed by atoms with Crippen molar-refractivity contribution in [3.8, 4) is 0 Å². The number of carbonyl (C=O) groups is 2. The SMILES string of the molecule is O=C1c2cccc3c4ccccc4n(c23)C(=O)C1(Cl)c1ccccc1. The number of halogens is 1. The molecule has 120 valence electrons. The van der Waals surface area contributed by atoms with Crippen LogP contribution in [0.2, 0.25) is 0 Å². The number of para-hydroxylation sites is 2. The van der Waals surface area contributed by atoms with Crippen molar-refractivity contribution in [3.05, 3.63) is 83.9 Å². The van der Waals surface area contributed by atoms with Crippen molar-refractivity contribution >= 4 is 45.1 Å². The molecular weight excluding hydrogens is 334 g/mol. The van der Waals surface area contributed by atoms with E-state index in [2.05, 4.69) is 0 Å². The Hall–Kier alpha value is -2.91. The molecule has 1 atom stereocenters. The minimum absolute atomic E-state index is 0.369. The van der Waals surface area contributed by atoms with E-state index in [-0.39, 0.29) is 5.78 Å². The Labute approximate surface area is 148 Å². The molecule has 4 aromatic rings. The predicted molar refractivity (Wildman–Crippen MR) is 98.4 cm³/mol. The lowest BCUT2D eigenvalue weighted by atomic mass is 9.85. The molecule has 0 fully saturated rings. The number of benzene rings is 3. The largest absolute Gasteiger partial charge is 0.291 e. The first-order valence-electron chi connectivity index (χ1n) is 8.00. The van der Waals surface area contributed by atoms with Gasteiger partial charge in [0.25, 0.3) is 5.91 Å². The minimum atomic E-state index is -1.75. The molecule has 3 aromatic carbocycles. The molecule has 0 spiro atoms. The van der Waals surface area contributed by atoms with Crippen molar-refractivity contribution < 1.29 is 9.59 Å². The van der Waals surface area contributed by atoms with Crippen LogP contribution in [0.15, 0.2) is 72.8 Å². The summed E-state index contributed by atoms with van der Waals surface area (Å²) in [6, 6.07) is 22.0. The molecule has 1 aromatic heterocycles. The maximum atomic E-state index is 13.4. The van der Waals surface area contributed by atoms with E-state index in [1.54, 1.807) is 34.9 Å². The number of alkyl halides is 1. The Morgan fingerprint density at radius 1 is 0.760 bits per heavy atom. The first kappa shape index (κ1) is 14.4. The van der Waals surface area contributed by atoms with Crippen molar-refractivity contribution in [2.45, 2.75) is 4.87 Å². The Bertz CT molecular complexity index is 1190. The molecule has 0 saturated carbocycles. The summed E-state index contributed by atoms with van der Waals surface area (Å²) in [4.78, 5) is 24.9. The summed E-state index contributed by atoms with van der Waals surface area (Å²) >= 11 is 6.75. The second-order valence-corrected chi connectivity index (χ2v) is 6.78. The monoisotopic (exact) mass is 345 g/mol. The van der Waals surface area contributed by atoms with Crippen LogP contribution in [0.25, 0.3) is 21.8 Å². The lowest BCUT2D eigenvalue weighted by Crippen LogP contribution is -2.45. The molecule has 25 heavy (non-hydrogen) atoms. The average molecular weight is 346 g/mol. The number of fused-ring (bicyclic) bond motifs is 3. The molecule has 4 heteroatoms.